The minimum Gasteiger partial charge on any atom is -0.393 e. The molecule has 32 heavy (non-hydrogen) atoms. The molecule has 4 fully saturated rings. The lowest BCUT2D eigenvalue weighted by Crippen LogP contribution is -2.64. The molecule has 10 atom stereocenters. The third-order valence-electron chi connectivity index (χ3n) is 13.8. The highest BCUT2D eigenvalue weighted by Crippen LogP contribution is 2.76. The zero-order valence-electron chi connectivity index (χ0n) is 22.6. The van der Waals surface area contributed by atoms with Crippen molar-refractivity contribution in [1.82, 2.24) is 0 Å². The third-order valence-corrected chi connectivity index (χ3v) is 13.8. The normalized spacial score (nSPS) is 56.8. The van der Waals surface area contributed by atoms with Crippen molar-refractivity contribution in [3.63, 3.8) is 0 Å². The van der Waals surface area contributed by atoms with Gasteiger partial charge in [-0.15, -0.1) is 0 Å². The maximum atomic E-state index is 10.9. The van der Waals surface area contributed by atoms with Crippen LogP contribution in [0.5, 0.6) is 0 Å². The second kappa shape index (κ2) is 7.11. The first-order chi connectivity index (χ1) is 14.9. The topological polar surface area (TPSA) is 20.2 Å². The van der Waals surface area contributed by atoms with Crippen molar-refractivity contribution in [3.8, 4) is 0 Å². The highest BCUT2D eigenvalue weighted by molar-refractivity contribution is 5.34. The predicted octanol–water partition coefficient (Wildman–Crippen LogP) is 8.41. The van der Waals surface area contributed by atoms with Crippen LogP contribution in [0.2, 0.25) is 0 Å². The van der Waals surface area contributed by atoms with Gasteiger partial charge in [0.25, 0.3) is 0 Å². The smallest absolute Gasteiger partial charge is 0.0594 e. The lowest BCUT2D eigenvalue weighted by molar-refractivity contribution is -0.204. The summed E-state index contributed by atoms with van der Waals surface area (Å²) in [6.07, 6.45) is 16.0. The van der Waals surface area contributed by atoms with E-state index in [9.17, 15) is 5.11 Å². The summed E-state index contributed by atoms with van der Waals surface area (Å²) >= 11 is 0. The molecule has 0 saturated heterocycles. The Labute approximate surface area is 199 Å². The number of aliphatic hydroxyl groups is 1. The van der Waals surface area contributed by atoms with Crippen LogP contribution in [0.15, 0.2) is 11.6 Å². The average molecular weight is 441 g/mol. The Morgan fingerprint density at radius 1 is 0.875 bits per heavy atom. The highest BCUT2D eigenvalue weighted by Gasteiger charge is 2.68. The minimum atomic E-state index is -0.125. The molecule has 5 rings (SSSR count). The molecule has 182 valence electrons. The van der Waals surface area contributed by atoms with Gasteiger partial charge in [0, 0.05) is 0 Å². The molecule has 1 heteroatoms. The summed E-state index contributed by atoms with van der Waals surface area (Å²) in [6.45, 7) is 20.4. The Bertz CT molecular complexity index is 794. The van der Waals surface area contributed by atoms with Gasteiger partial charge in [-0.2, -0.15) is 0 Å². The van der Waals surface area contributed by atoms with E-state index in [1.807, 2.05) is 5.57 Å². The van der Waals surface area contributed by atoms with E-state index in [4.69, 9.17) is 0 Å². The zero-order chi connectivity index (χ0) is 23.3. The molecule has 0 aromatic carbocycles. The van der Waals surface area contributed by atoms with E-state index in [-0.39, 0.29) is 11.5 Å². The molecule has 1 nitrogen and oxygen atoms in total. The van der Waals surface area contributed by atoms with Crippen molar-refractivity contribution in [2.45, 2.75) is 126 Å². The molecule has 0 aliphatic heterocycles. The van der Waals surface area contributed by atoms with Crippen molar-refractivity contribution in [3.05, 3.63) is 11.6 Å². The number of hydrogen-bond donors (Lipinski definition) is 1. The molecule has 0 spiro atoms. The molecular weight excluding hydrogens is 388 g/mol. The second-order valence-electron chi connectivity index (χ2n) is 14.7. The first-order valence-corrected chi connectivity index (χ1v) is 14.3. The maximum absolute atomic E-state index is 10.9. The zero-order valence-corrected chi connectivity index (χ0v) is 22.6. The molecule has 0 bridgehead atoms. The van der Waals surface area contributed by atoms with Gasteiger partial charge in [0.1, 0.15) is 0 Å². The molecule has 4 saturated carbocycles. The third kappa shape index (κ3) is 2.67. The first kappa shape index (κ1) is 23.4. The van der Waals surface area contributed by atoms with Gasteiger partial charge in [-0.3, -0.25) is 0 Å². The van der Waals surface area contributed by atoms with Crippen LogP contribution in [0.4, 0.5) is 0 Å². The number of fused-ring (bicyclic) bond motifs is 7. The molecule has 0 amide bonds. The van der Waals surface area contributed by atoms with Crippen LogP contribution in [0.25, 0.3) is 0 Å². The van der Waals surface area contributed by atoms with Gasteiger partial charge in [-0.05, 0) is 121 Å². The summed E-state index contributed by atoms with van der Waals surface area (Å²) in [4.78, 5) is 0. The van der Waals surface area contributed by atoms with Crippen molar-refractivity contribution < 1.29 is 5.11 Å². The second-order valence-corrected chi connectivity index (χ2v) is 14.7. The van der Waals surface area contributed by atoms with Gasteiger partial charge >= 0.3 is 0 Å². The standard InChI is InChI=1S/C31H52O/c1-9-31-17-12-20(2)21(3)26(31)22-10-11-24-28(6)15-14-25(32)27(4,5)23(28)13-16-30(24,8)29(22,7)18-19-31/h10,20-21,23-26,32H,9,11-19H2,1-8H3/t20-,21+,23?,24-,25+,26+,28+,29-,30-,31-/m1/s1. The van der Waals surface area contributed by atoms with E-state index in [1.54, 1.807) is 0 Å². The van der Waals surface area contributed by atoms with Crippen molar-refractivity contribution >= 4 is 0 Å². The van der Waals surface area contributed by atoms with Crippen LogP contribution in [0, 0.1) is 56.7 Å². The van der Waals surface area contributed by atoms with Gasteiger partial charge in [-0.25, -0.2) is 0 Å². The lowest BCUT2D eigenvalue weighted by atomic mass is 9.33. The Hall–Kier alpha value is -0.300. The SMILES string of the molecule is CC[C@]12CC[C@@H](C)[C@H](C)[C@H]1C1=CC[C@@H]3[C@@]4(C)CC[C@H](O)C(C)(C)C4CC[C@@]3(C)[C@]1(C)CC2. The summed E-state index contributed by atoms with van der Waals surface area (Å²) in [7, 11) is 0. The highest BCUT2D eigenvalue weighted by atomic mass is 16.3. The van der Waals surface area contributed by atoms with Gasteiger partial charge in [0.2, 0.25) is 0 Å². The summed E-state index contributed by atoms with van der Waals surface area (Å²) in [5, 5.41) is 10.9. The van der Waals surface area contributed by atoms with E-state index < -0.39 is 0 Å². The molecule has 0 radical (unpaired) electrons. The summed E-state index contributed by atoms with van der Waals surface area (Å²) < 4.78 is 0. The van der Waals surface area contributed by atoms with E-state index >= 15 is 0 Å². The van der Waals surface area contributed by atoms with Crippen LogP contribution in [-0.4, -0.2) is 11.2 Å². The molecule has 5 aliphatic carbocycles. The molecule has 5 aliphatic rings. The van der Waals surface area contributed by atoms with E-state index in [2.05, 4.69) is 61.5 Å². The summed E-state index contributed by atoms with van der Waals surface area (Å²) in [5.41, 5.74) is 3.65. The average Bonchev–Trinajstić information content (AvgIpc) is 2.74. The monoisotopic (exact) mass is 440 g/mol. The van der Waals surface area contributed by atoms with Crippen LogP contribution in [0.3, 0.4) is 0 Å². The van der Waals surface area contributed by atoms with Gasteiger partial charge in [0.15, 0.2) is 0 Å². The number of hydrogen-bond acceptors (Lipinski definition) is 1. The van der Waals surface area contributed by atoms with Crippen LogP contribution >= 0.6 is 0 Å². The summed E-state index contributed by atoms with van der Waals surface area (Å²) in [5.74, 6) is 3.91. The first-order valence-electron chi connectivity index (χ1n) is 14.3. The Morgan fingerprint density at radius 3 is 2.28 bits per heavy atom. The quantitative estimate of drug-likeness (QED) is 0.406. The Morgan fingerprint density at radius 2 is 1.59 bits per heavy atom. The van der Waals surface area contributed by atoms with Crippen LogP contribution in [-0.2, 0) is 0 Å². The van der Waals surface area contributed by atoms with Gasteiger partial charge < -0.3 is 5.11 Å². The van der Waals surface area contributed by atoms with E-state index in [0.717, 1.165) is 30.1 Å². The van der Waals surface area contributed by atoms with Crippen molar-refractivity contribution in [2.75, 3.05) is 0 Å². The molecule has 1 unspecified atom stereocenters. The molecule has 0 heterocycles. The predicted molar refractivity (Wildman–Crippen MR) is 135 cm³/mol. The largest absolute Gasteiger partial charge is 0.393 e. The van der Waals surface area contributed by atoms with Crippen LogP contribution in [0.1, 0.15) is 120 Å². The maximum Gasteiger partial charge on any atom is 0.0594 e. The van der Waals surface area contributed by atoms with E-state index in [0.29, 0.717) is 27.6 Å². The number of rotatable bonds is 1. The van der Waals surface area contributed by atoms with E-state index in [1.165, 1.54) is 57.8 Å². The summed E-state index contributed by atoms with van der Waals surface area (Å²) in [6, 6.07) is 0. The fourth-order valence-corrected chi connectivity index (χ4v) is 11.2. The molecular formula is C31H52O. The fraction of sp³-hybridized carbons (Fsp3) is 0.935. The molecule has 1 N–H and O–H groups in total. The van der Waals surface area contributed by atoms with Gasteiger partial charge in [-0.1, -0.05) is 67.0 Å². The number of aliphatic hydroxyl groups excluding tert-OH is 1. The number of allylic oxidation sites excluding steroid dienone is 2. The van der Waals surface area contributed by atoms with Crippen molar-refractivity contribution in [1.29, 1.82) is 0 Å². The van der Waals surface area contributed by atoms with Crippen molar-refractivity contribution in [2.24, 2.45) is 56.7 Å². The Kier molecular flexibility index (Phi) is 5.21. The molecule has 0 aromatic heterocycles. The fourth-order valence-electron chi connectivity index (χ4n) is 11.2. The van der Waals surface area contributed by atoms with Gasteiger partial charge in [0.05, 0.1) is 6.10 Å². The minimum absolute atomic E-state index is 0.0521. The molecule has 0 aromatic rings. The lowest BCUT2D eigenvalue weighted by Gasteiger charge is -2.71. The van der Waals surface area contributed by atoms with Crippen LogP contribution < -0.4 is 0 Å². The Balaban J connectivity index is 1.59.